The number of halogens is 1. The van der Waals surface area contributed by atoms with Crippen molar-refractivity contribution in [3.05, 3.63) is 69.7 Å². The molecule has 0 radical (unpaired) electrons. The Morgan fingerprint density at radius 3 is 2.36 bits per heavy atom. The minimum absolute atomic E-state index is 0.0411. The van der Waals surface area contributed by atoms with E-state index >= 15 is 0 Å². The second kappa shape index (κ2) is 9.84. The highest BCUT2D eigenvalue weighted by molar-refractivity contribution is 9.10. The van der Waals surface area contributed by atoms with Crippen molar-refractivity contribution in [2.75, 3.05) is 12.0 Å². The standard InChI is InChI=1S/C20H22BrNO5S/c1-14-7-9-15(10-8-14)13-27-20(24)18(11-12-28(2,25)26)22-19(23)16-5-3-4-6-17(16)21/h3-10,18H,11-13H2,1-2H3,(H,22,23). The number of carbonyl (C=O) groups excluding carboxylic acids is 2. The summed E-state index contributed by atoms with van der Waals surface area (Å²) in [5.74, 6) is -1.41. The van der Waals surface area contributed by atoms with Crippen LogP contribution in [0.15, 0.2) is 53.0 Å². The summed E-state index contributed by atoms with van der Waals surface area (Å²) in [4.78, 5) is 25.0. The molecule has 8 heteroatoms. The van der Waals surface area contributed by atoms with Crippen molar-refractivity contribution in [2.24, 2.45) is 0 Å². The number of hydrogen-bond acceptors (Lipinski definition) is 5. The summed E-state index contributed by atoms with van der Waals surface area (Å²) >= 11 is 3.29. The molecule has 0 fully saturated rings. The van der Waals surface area contributed by atoms with Gasteiger partial charge in [0, 0.05) is 10.7 Å². The van der Waals surface area contributed by atoms with Crippen LogP contribution in [0.5, 0.6) is 0 Å². The van der Waals surface area contributed by atoms with E-state index in [9.17, 15) is 18.0 Å². The highest BCUT2D eigenvalue weighted by atomic mass is 79.9. The highest BCUT2D eigenvalue weighted by Gasteiger charge is 2.25. The van der Waals surface area contributed by atoms with E-state index in [1.165, 1.54) is 0 Å². The molecule has 0 saturated carbocycles. The van der Waals surface area contributed by atoms with Gasteiger partial charge in [0.1, 0.15) is 22.5 Å². The number of ether oxygens (including phenoxy) is 1. The van der Waals surface area contributed by atoms with Gasteiger partial charge in [-0.15, -0.1) is 0 Å². The summed E-state index contributed by atoms with van der Waals surface area (Å²) in [6.45, 7) is 1.99. The molecule has 2 aromatic rings. The van der Waals surface area contributed by atoms with Gasteiger partial charge in [-0.1, -0.05) is 42.0 Å². The van der Waals surface area contributed by atoms with Crippen LogP contribution >= 0.6 is 15.9 Å². The van der Waals surface area contributed by atoms with Crippen molar-refractivity contribution in [3.8, 4) is 0 Å². The number of nitrogens with one attached hydrogen (secondary N) is 1. The number of esters is 1. The highest BCUT2D eigenvalue weighted by Crippen LogP contribution is 2.16. The molecule has 1 amide bonds. The van der Waals surface area contributed by atoms with Gasteiger partial charge >= 0.3 is 5.97 Å². The van der Waals surface area contributed by atoms with Crippen LogP contribution in [0.3, 0.4) is 0 Å². The molecule has 1 atom stereocenters. The van der Waals surface area contributed by atoms with Gasteiger partial charge in [-0.25, -0.2) is 13.2 Å². The molecule has 0 bridgehead atoms. The van der Waals surface area contributed by atoms with Crippen molar-refractivity contribution < 1.29 is 22.7 Å². The second-order valence-corrected chi connectivity index (χ2v) is 9.63. The number of carbonyl (C=O) groups is 2. The Morgan fingerprint density at radius 2 is 1.75 bits per heavy atom. The summed E-state index contributed by atoms with van der Waals surface area (Å²) in [6.07, 6.45) is 1.01. The molecule has 0 heterocycles. The molecule has 0 saturated heterocycles. The molecule has 0 aromatic heterocycles. The number of benzene rings is 2. The maximum atomic E-state index is 12.5. The zero-order valence-corrected chi connectivity index (χ0v) is 18.0. The maximum absolute atomic E-state index is 12.5. The first-order valence-electron chi connectivity index (χ1n) is 8.61. The van der Waals surface area contributed by atoms with E-state index in [4.69, 9.17) is 4.74 Å². The summed E-state index contributed by atoms with van der Waals surface area (Å²) in [5, 5.41) is 2.58. The van der Waals surface area contributed by atoms with Crippen LogP contribution in [0, 0.1) is 6.92 Å². The third kappa shape index (κ3) is 7.09. The lowest BCUT2D eigenvalue weighted by atomic mass is 10.1. The molecule has 150 valence electrons. The molecule has 0 aliphatic carbocycles. The van der Waals surface area contributed by atoms with Crippen molar-refractivity contribution in [2.45, 2.75) is 26.0 Å². The SMILES string of the molecule is Cc1ccc(COC(=O)C(CCS(C)(=O)=O)NC(=O)c2ccccc2Br)cc1. The molecular formula is C20H22BrNO5S. The Hall–Kier alpha value is -2.19. The fourth-order valence-corrected chi connectivity index (χ4v) is 3.53. The van der Waals surface area contributed by atoms with Gasteiger partial charge in [0.25, 0.3) is 5.91 Å². The Morgan fingerprint density at radius 1 is 1.11 bits per heavy atom. The van der Waals surface area contributed by atoms with Crippen molar-refractivity contribution in [1.29, 1.82) is 0 Å². The van der Waals surface area contributed by atoms with E-state index in [0.29, 0.717) is 10.0 Å². The smallest absolute Gasteiger partial charge is 0.329 e. The van der Waals surface area contributed by atoms with Crippen molar-refractivity contribution in [3.63, 3.8) is 0 Å². The molecule has 6 nitrogen and oxygen atoms in total. The van der Waals surface area contributed by atoms with Gasteiger partial charge in [0.2, 0.25) is 0 Å². The van der Waals surface area contributed by atoms with E-state index < -0.39 is 27.8 Å². The van der Waals surface area contributed by atoms with E-state index in [2.05, 4.69) is 21.2 Å². The predicted octanol–water partition coefficient (Wildman–Crippen LogP) is 3.03. The Balaban J connectivity index is 2.08. The topological polar surface area (TPSA) is 89.5 Å². The van der Waals surface area contributed by atoms with E-state index in [1.54, 1.807) is 24.3 Å². The first-order chi connectivity index (χ1) is 13.2. The zero-order valence-electron chi connectivity index (χ0n) is 15.6. The molecule has 2 aromatic carbocycles. The average molecular weight is 468 g/mol. The number of sulfone groups is 1. The van der Waals surface area contributed by atoms with Gasteiger partial charge < -0.3 is 10.1 Å². The maximum Gasteiger partial charge on any atom is 0.329 e. The molecule has 28 heavy (non-hydrogen) atoms. The lowest BCUT2D eigenvalue weighted by Gasteiger charge is -2.18. The minimum atomic E-state index is -3.30. The molecule has 1 unspecified atom stereocenters. The van der Waals surface area contributed by atoms with E-state index in [-0.39, 0.29) is 18.8 Å². The minimum Gasteiger partial charge on any atom is -0.459 e. The molecular weight excluding hydrogens is 446 g/mol. The number of rotatable bonds is 8. The lowest BCUT2D eigenvalue weighted by molar-refractivity contribution is -0.147. The van der Waals surface area contributed by atoms with Gasteiger partial charge in [0.15, 0.2) is 0 Å². The van der Waals surface area contributed by atoms with Crippen LogP contribution in [-0.2, 0) is 26.0 Å². The molecule has 1 N–H and O–H groups in total. The van der Waals surface area contributed by atoms with Gasteiger partial charge in [-0.3, -0.25) is 4.79 Å². The predicted molar refractivity (Wildman–Crippen MR) is 111 cm³/mol. The fourth-order valence-electron chi connectivity index (χ4n) is 2.40. The van der Waals surface area contributed by atoms with Crippen LogP contribution in [0.2, 0.25) is 0 Å². The summed E-state index contributed by atoms with van der Waals surface area (Å²) < 4.78 is 28.9. The zero-order chi connectivity index (χ0) is 20.7. The third-order valence-electron chi connectivity index (χ3n) is 3.99. The quantitative estimate of drug-likeness (QED) is 0.602. The van der Waals surface area contributed by atoms with Crippen LogP contribution in [0.4, 0.5) is 0 Å². The fraction of sp³-hybridized carbons (Fsp3) is 0.300. The van der Waals surface area contributed by atoms with Gasteiger partial charge in [0.05, 0.1) is 11.3 Å². The number of amides is 1. The van der Waals surface area contributed by atoms with E-state index in [1.807, 2.05) is 31.2 Å². The summed E-state index contributed by atoms with van der Waals surface area (Å²) in [6, 6.07) is 13.2. The molecule has 0 aliphatic heterocycles. The van der Waals surface area contributed by atoms with Gasteiger partial charge in [-0.05, 0) is 47.0 Å². The molecule has 0 aliphatic rings. The second-order valence-electron chi connectivity index (χ2n) is 6.52. The van der Waals surface area contributed by atoms with Crippen LogP contribution in [0.1, 0.15) is 27.9 Å². The first kappa shape index (κ1) is 22.1. The largest absolute Gasteiger partial charge is 0.459 e. The number of hydrogen-bond donors (Lipinski definition) is 1. The molecule has 0 spiro atoms. The Bertz CT molecular complexity index is 941. The van der Waals surface area contributed by atoms with Crippen molar-refractivity contribution in [1.82, 2.24) is 5.32 Å². The average Bonchev–Trinajstić information content (AvgIpc) is 2.64. The van der Waals surface area contributed by atoms with Crippen LogP contribution in [0.25, 0.3) is 0 Å². The van der Waals surface area contributed by atoms with Crippen molar-refractivity contribution >= 4 is 37.6 Å². The lowest BCUT2D eigenvalue weighted by Crippen LogP contribution is -2.43. The molecule has 2 rings (SSSR count). The summed E-state index contributed by atoms with van der Waals surface area (Å²) in [5.41, 5.74) is 2.23. The Labute approximate surface area is 173 Å². The van der Waals surface area contributed by atoms with E-state index in [0.717, 1.165) is 17.4 Å². The normalized spacial score (nSPS) is 12.2. The third-order valence-corrected chi connectivity index (χ3v) is 5.66. The summed E-state index contributed by atoms with van der Waals surface area (Å²) in [7, 11) is -3.30. The van der Waals surface area contributed by atoms with Gasteiger partial charge in [-0.2, -0.15) is 0 Å². The number of aryl methyl sites for hydroxylation is 1. The first-order valence-corrected chi connectivity index (χ1v) is 11.5. The monoisotopic (exact) mass is 467 g/mol. The van der Waals surface area contributed by atoms with Crippen LogP contribution < -0.4 is 5.32 Å². The Kier molecular flexibility index (Phi) is 7.77. The van der Waals surface area contributed by atoms with Crippen LogP contribution in [-0.4, -0.2) is 38.3 Å².